The monoisotopic (exact) mass is 621 g/mol. The number of H-pyrrole nitrogens is 1. The molecule has 0 saturated carbocycles. The van der Waals surface area contributed by atoms with E-state index in [4.69, 9.17) is 15.4 Å². The van der Waals surface area contributed by atoms with Gasteiger partial charge in [-0.1, -0.05) is 0 Å². The van der Waals surface area contributed by atoms with Gasteiger partial charge in [-0.2, -0.15) is 4.98 Å². The van der Waals surface area contributed by atoms with Crippen LogP contribution >= 0.6 is 23.5 Å². The van der Waals surface area contributed by atoms with Gasteiger partial charge in [0.2, 0.25) is 5.95 Å². The SMILES string of the molecule is Nc1nc2c(ncn2[C@@H]2O[C@H](COP(=O)(O)OP(=O)([O-])OP(=O)([O-])O)[C@@H](O)[C@H]2O)c(=O)[nH]1.O.O.O.[Na+].[Na+]. The Balaban J connectivity index is -0.00000231. The van der Waals surface area contributed by atoms with E-state index in [1.54, 1.807) is 0 Å². The number of rotatable bonds is 8. The Labute approximate surface area is 249 Å². The number of ether oxygens (including phenoxy) is 1. The van der Waals surface area contributed by atoms with Crippen LogP contribution in [-0.2, 0) is 31.6 Å². The molecule has 27 heteroatoms. The first kappa shape index (κ1) is 41.8. The second kappa shape index (κ2) is 15.4. The summed E-state index contributed by atoms with van der Waals surface area (Å²) in [5.74, 6) is -0.287. The fourth-order valence-electron chi connectivity index (χ4n) is 2.68. The van der Waals surface area contributed by atoms with E-state index in [9.17, 15) is 43.4 Å². The van der Waals surface area contributed by atoms with E-state index < -0.39 is 60.2 Å². The van der Waals surface area contributed by atoms with Crippen molar-refractivity contribution < 1.29 is 137 Å². The van der Waals surface area contributed by atoms with Crippen molar-refractivity contribution in [3.63, 3.8) is 0 Å². The molecule has 1 aliphatic rings. The van der Waals surface area contributed by atoms with Gasteiger partial charge in [0, 0.05) is 0 Å². The number of anilines is 1. The van der Waals surface area contributed by atoms with E-state index >= 15 is 0 Å². The maximum absolute atomic E-state index is 11.8. The van der Waals surface area contributed by atoms with Crippen molar-refractivity contribution in [2.45, 2.75) is 24.5 Å². The first-order valence-electron chi connectivity index (χ1n) is 8.07. The molecule has 1 saturated heterocycles. The van der Waals surface area contributed by atoms with Crippen LogP contribution in [0.15, 0.2) is 11.1 Å². The van der Waals surface area contributed by atoms with E-state index in [0.717, 1.165) is 10.9 Å². The Morgan fingerprint density at radius 2 is 1.68 bits per heavy atom. The minimum absolute atomic E-state index is 0. The van der Waals surface area contributed by atoms with Gasteiger partial charge in [-0.05, 0) is 0 Å². The first-order chi connectivity index (χ1) is 14.6. The van der Waals surface area contributed by atoms with Gasteiger partial charge in [-0.15, -0.1) is 0 Å². The minimum atomic E-state index is -6.04. The average molecular weight is 621 g/mol. The fraction of sp³-hybridized carbons (Fsp3) is 0.500. The maximum atomic E-state index is 11.8. The third-order valence-corrected chi connectivity index (χ3v) is 7.60. The summed E-state index contributed by atoms with van der Waals surface area (Å²) >= 11 is 0. The third kappa shape index (κ3) is 10.7. The van der Waals surface area contributed by atoms with E-state index in [2.05, 4.69) is 28.1 Å². The predicted molar refractivity (Wildman–Crippen MR) is 105 cm³/mol. The van der Waals surface area contributed by atoms with Gasteiger partial charge in [0.15, 0.2) is 17.4 Å². The van der Waals surface area contributed by atoms with Crippen LogP contribution in [0.5, 0.6) is 0 Å². The number of phosphoric ester groups is 1. The summed E-state index contributed by atoms with van der Waals surface area (Å²) < 4.78 is 50.8. The number of aromatic amines is 1. The van der Waals surface area contributed by atoms with Crippen LogP contribution in [0.25, 0.3) is 11.2 Å². The Kier molecular flexibility index (Phi) is 17.3. The molecule has 204 valence electrons. The predicted octanol–water partition coefficient (Wildman–Crippen LogP) is -12.1. The van der Waals surface area contributed by atoms with Crippen molar-refractivity contribution in [1.82, 2.24) is 19.5 Å². The number of imidazole rings is 1. The summed E-state index contributed by atoms with van der Waals surface area (Å²) in [7, 11) is -17.5. The number of hydrogen-bond acceptors (Lipinski definition) is 15. The number of nitrogens with one attached hydrogen (secondary N) is 1. The van der Waals surface area contributed by atoms with Gasteiger partial charge >= 0.3 is 66.9 Å². The van der Waals surface area contributed by atoms with Gasteiger partial charge in [-0.25, -0.2) is 18.2 Å². The molecule has 13 N–H and O–H groups in total. The molecule has 3 rings (SSSR count). The molecule has 22 nitrogen and oxygen atoms in total. The van der Waals surface area contributed by atoms with Crippen molar-refractivity contribution in [1.29, 1.82) is 0 Å². The van der Waals surface area contributed by atoms with Crippen molar-refractivity contribution in [3.8, 4) is 0 Å². The van der Waals surface area contributed by atoms with E-state index in [-0.39, 0.29) is 92.7 Å². The van der Waals surface area contributed by atoms with Gasteiger partial charge in [0.1, 0.15) is 18.3 Å². The molecule has 3 unspecified atom stereocenters. The van der Waals surface area contributed by atoms with Crippen LogP contribution in [0.4, 0.5) is 5.95 Å². The van der Waals surface area contributed by atoms with Crippen LogP contribution in [0.2, 0.25) is 0 Å². The van der Waals surface area contributed by atoms with Crippen molar-refractivity contribution in [2.24, 2.45) is 0 Å². The van der Waals surface area contributed by atoms with E-state index in [1.807, 2.05) is 0 Å². The average Bonchev–Trinajstić information content (AvgIpc) is 3.12. The van der Waals surface area contributed by atoms with Crippen LogP contribution in [-0.4, -0.2) is 80.9 Å². The molecular weight excluding hydrogens is 601 g/mol. The molecule has 1 fully saturated rings. The Hall–Kier alpha value is 0.320. The number of nitrogen functional groups attached to an aromatic ring is 1. The van der Waals surface area contributed by atoms with Gasteiger partial charge in [0.25, 0.3) is 21.2 Å². The smallest absolute Gasteiger partial charge is 0.756 e. The van der Waals surface area contributed by atoms with Crippen molar-refractivity contribution in [3.05, 3.63) is 16.7 Å². The van der Waals surface area contributed by atoms with E-state index in [0.29, 0.717) is 0 Å². The maximum Gasteiger partial charge on any atom is 1.00 e. The largest absolute Gasteiger partial charge is 1.00 e. The number of aromatic nitrogens is 4. The molecule has 2 aromatic heterocycles. The zero-order valence-electron chi connectivity index (χ0n) is 18.7. The second-order valence-electron chi connectivity index (χ2n) is 6.16. The summed E-state index contributed by atoms with van der Waals surface area (Å²) in [6, 6.07) is 0. The van der Waals surface area contributed by atoms with Crippen LogP contribution in [0.1, 0.15) is 6.23 Å². The molecule has 0 bridgehead atoms. The van der Waals surface area contributed by atoms with Crippen LogP contribution < -0.4 is 80.2 Å². The molecule has 0 radical (unpaired) electrons. The van der Waals surface area contributed by atoms with Gasteiger partial charge < -0.3 is 56.7 Å². The third-order valence-electron chi connectivity index (χ3n) is 3.87. The number of aliphatic hydroxyl groups excluding tert-OH is 2. The number of aliphatic hydroxyl groups is 2. The quantitative estimate of drug-likeness (QED) is 0.118. The molecule has 1 aliphatic heterocycles. The molecule has 0 aliphatic carbocycles. The molecule has 0 aromatic carbocycles. The number of phosphoric acid groups is 3. The minimum Gasteiger partial charge on any atom is -0.756 e. The molecule has 2 aromatic rings. The number of hydrogen-bond donors (Lipinski definition) is 6. The van der Waals surface area contributed by atoms with Crippen molar-refractivity contribution >= 4 is 40.6 Å². The first-order valence-corrected chi connectivity index (χ1v) is 12.5. The van der Waals surface area contributed by atoms with Crippen LogP contribution in [0.3, 0.4) is 0 Å². The summed E-state index contributed by atoms with van der Waals surface area (Å²) in [6.45, 7) is -1.06. The Morgan fingerprint density at radius 1 is 1.11 bits per heavy atom. The van der Waals surface area contributed by atoms with Crippen LogP contribution in [0, 0.1) is 0 Å². The normalized spacial score (nSPS) is 25.5. The fourth-order valence-corrected chi connectivity index (χ4v) is 5.62. The zero-order valence-corrected chi connectivity index (χ0v) is 25.4. The standard InChI is InChI=1S/C10H16N5O14P3.2Na.3H2O/c11-10-13-7-4(8(18)14-10)12-2-15(7)9-6(17)5(16)3(27-9)1-26-31(22,23)29-32(24,25)28-30(19,20)21;;;;;/h2-3,5-6,9,16-17H,1H2,(H,22,23)(H,24,25)(H2,19,20,21)(H3,11,13,14,18);;;3*1H2/q;2*+1;;;/p-2/t3-,5-,6-,9-;;;;;/m1...../s1. The molecule has 3 heterocycles. The van der Waals surface area contributed by atoms with Crippen molar-refractivity contribution in [2.75, 3.05) is 12.3 Å². The molecule has 0 spiro atoms. The number of fused-ring (bicyclic) bond motifs is 1. The molecule has 0 amide bonds. The zero-order chi connectivity index (χ0) is 24.1. The number of nitrogens with two attached hydrogens (primary N) is 1. The van der Waals surface area contributed by atoms with Gasteiger partial charge in [0.05, 0.1) is 12.9 Å². The molecule has 7 atom stereocenters. The Morgan fingerprint density at radius 3 is 2.22 bits per heavy atom. The summed E-state index contributed by atoms with van der Waals surface area (Å²) in [6.07, 6.45) is -5.45. The molecular formula is C10H20N5Na2O17P3. The second-order valence-corrected chi connectivity index (χ2v) is 10.5. The summed E-state index contributed by atoms with van der Waals surface area (Å²) in [5.41, 5.74) is 4.45. The summed E-state index contributed by atoms with van der Waals surface area (Å²) in [5, 5.41) is 20.4. The summed E-state index contributed by atoms with van der Waals surface area (Å²) in [4.78, 5) is 61.1. The van der Waals surface area contributed by atoms with Gasteiger partial charge in [-0.3, -0.25) is 28.0 Å². The topological polar surface area (TPSA) is 399 Å². The van der Waals surface area contributed by atoms with E-state index in [1.165, 1.54) is 0 Å². The number of nitrogens with zero attached hydrogens (tertiary/aromatic N) is 3. The Bertz CT molecular complexity index is 1220. The molecule has 37 heavy (non-hydrogen) atoms.